The van der Waals surface area contributed by atoms with Gasteiger partial charge in [0.15, 0.2) is 0 Å². The third-order valence-electron chi connectivity index (χ3n) is 3.23. The molecule has 5 heteroatoms. The van der Waals surface area contributed by atoms with Crippen LogP contribution in [0.5, 0.6) is 0 Å². The number of rotatable bonds is 2. The summed E-state index contributed by atoms with van der Waals surface area (Å²) in [5.41, 5.74) is 2.49. The molecular weight excluding hydrogens is 230 g/mol. The first-order valence-corrected chi connectivity index (χ1v) is 6.06. The number of nitrogens with zero attached hydrogens (tertiary/aromatic N) is 2. The van der Waals surface area contributed by atoms with Gasteiger partial charge in [-0.1, -0.05) is 0 Å². The second kappa shape index (κ2) is 4.42. The third kappa shape index (κ3) is 1.97. The van der Waals surface area contributed by atoms with Gasteiger partial charge in [-0.2, -0.15) is 0 Å². The summed E-state index contributed by atoms with van der Waals surface area (Å²) in [6.45, 7) is 3.31. The topological polar surface area (TPSA) is 55.6 Å². The van der Waals surface area contributed by atoms with Crippen molar-refractivity contribution in [3.05, 3.63) is 35.8 Å². The monoisotopic (exact) mass is 245 g/mol. The van der Waals surface area contributed by atoms with Crippen LogP contribution in [0.1, 0.15) is 22.5 Å². The number of amides is 1. The summed E-state index contributed by atoms with van der Waals surface area (Å²) in [6.07, 6.45) is 4.55. The van der Waals surface area contributed by atoms with E-state index in [9.17, 15) is 4.79 Å². The Balaban J connectivity index is 1.82. The third-order valence-corrected chi connectivity index (χ3v) is 3.23. The lowest BCUT2D eigenvalue weighted by Gasteiger charge is -2.10. The molecule has 94 valence electrons. The Hall–Kier alpha value is -1.88. The molecule has 1 atom stereocenters. The molecular formula is C13H15N3O2. The van der Waals surface area contributed by atoms with E-state index >= 15 is 0 Å². The Kier molecular flexibility index (Phi) is 2.76. The van der Waals surface area contributed by atoms with Crippen molar-refractivity contribution in [3.8, 4) is 0 Å². The maximum Gasteiger partial charge on any atom is 0.251 e. The molecule has 1 amide bonds. The van der Waals surface area contributed by atoms with Gasteiger partial charge in [-0.05, 0) is 25.5 Å². The van der Waals surface area contributed by atoms with Crippen LogP contribution in [0, 0.1) is 6.92 Å². The highest BCUT2D eigenvalue weighted by Crippen LogP contribution is 2.10. The van der Waals surface area contributed by atoms with E-state index in [1.54, 1.807) is 12.3 Å². The lowest BCUT2D eigenvalue weighted by atomic mass is 10.2. The number of nitrogens with one attached hydrogen (secondary N) is 1. The molecule has 0 radical (unpaired) electrons. The Morgan fingerprint density at radius 2 is 2.50 bits per heavy atom. The normalized spacial score (nSPS) is 19.3. The van der Waals surface area contributed by atoms with Gasteiger partial charge in [0.25, 0.3) is 5.91 Å². The van der Waals surface area contributed by atoms with Crippen LogP contribution in [0.15, 0.2) is 24.5 Å². The van der Waals surface area contributed by atoms with Crippen molar-refractivity contribution < 1.29 is 9.53 Å². The summed E-state index contributed by atoms with van der Waals surface area (Å²) >= 11 is 0. The smallest absolute Gasteiger partial charge is 0.251 e. The summed E-state index contributed by atoms with van der Waals surface area (Å²) < 4.78 is 7.19. The number of aromatic nitrogens is 2. The van der Waals surface area contributed by atoms with E-state index in [2.05, 4.69) is 10.3 Å². The Labute approximate surface area is 105 Å². The summed E-state index contributed by atoms with van der Waals surface area (Å²) in [6, 6.07) is 3.75. The van der Waals surface area contributed by atoms with E-state index in [1.165, 1.54) is 0 Å². The summed E-state index contributed by atoms with van der Waals surface area (Å²) in [5.74, 6) is -0.0614. The Bertz CT molecular complexity index is 585. The van der Waals surface area contributed by atoms with Crippen molar-refractivity contribution >= 4 is 11.6 Å². The number of pyridine rings is 1. The number of fused-ring (bicyclic) bond motifs is 1. The van der Waals surface area contributed by atoms with Gasteiger partial charge in [-0.15, -0.1) is 0 Å². The minimum atomic E-state index is -0.0614. The van der Waals surface area contributed by atoms with E-state index < -0.39 is 0 Å². The van der Waals surface area contributed by atoms with Crippen molar-refractivity contribution in [1.82, 2.24) is 14.7 Å². The molecule has 1 N–H and O–H groups in total. The minimum Gasteiger partial charge on any atom is -0.379 e. The number of hydrogen-bond acceptors (Lipinski definition) is 3. The average Bonchev–Trinajstić information content (AvgIpc) is 2.99. The molecule has 18 heavy (non-hydrogen) atoms. The molecule has 3 heterocycles. The molecule has 0 bridgehead atoms. The second-order valence-electron chi connectivity index (χ2n) is 4.58. The molecule has 0 saturated carbocycles. The van der Waals surface area contributed by atoms with Crippen LogP contribution in [-0.2, 0) is 4.74 Å². The van der Waals surface area contributed by atoms with Crippen LogP contribution in [0.3, 0.4) is 0 Å². The highest BCUT2D eigenvalue weighted by Gasteiger charge is 2.18. The second-order valence-corrected chi connectivity index (χ2v) is 4.58. The lowest BCUT2D eigenvalue weighted by Crippen LogP contribution is -2.35. The van der Waals surface area contributed by atoms with Crippen molar-refractivity contribution in [3.63, 3.8) is 0 Å². The molecule has 3 rings (SSSR count). The van der Waals surface area contributed by atoms with Gasteiger partial charge in [0.1, 0.15) is 5.65 Å². The molecule has 2 aromatic heterocycles. The van der Waals surface area contributed by atoms with Gasteiger partial charge < -0.3 is 14.5 Å². The largest absolute Gasteiger partial charge is 0.379 e. The molecule has 0 aliphatic carbocycles. The van der Waals surface area contributed by atoms with E-state index in [0.717, 1.165) is 24.4 Å². The first-order valence-electron chi connectivity index (χ1n) is 6.06. The highest BCUT2D eigenvalue weighted by atomic mass is 16.5. The SMILES string of the molecule is Cc1cnc2cc(C(=O)N[C@@H]3CCOC3)ccn12. The number of carbonyl (C=O) groups excluding carboxylic acids is 1. The van der Waals surface area contributed by atoms with Crippen LogP contribution < -0.4 is 5.32 Å². The van der Waals surface area contributed by atoms with Gasteiger partial charge in [-0.25, -0.2) is 4.98 Å². The molecule has 0 aromatic carbocycles. The summed E-state index contributed by atoms with van der Waals surface area (Å²) in [4.78, 5) is 16.3. The van der Waals surface area contributed by atoms with Gasteiger partial charge in [0, 0.05) is 30.3 Å². The zero-order valence-corrected chi connectivity index (χ0v) is 10.2. The number of imidazole rings is 1. The standard InChI is InChI=1S/C13H15N3O2/c1-9-7-14-12-6-10(2-4-16(9)12)13(17)15-11-3-5-18-8-11/h2,4,6-7,11H,3,5,8H2,1H3,(H,15,17)/t11-/m1/s1. The molecule has 5 nitrogen and oxygen atoms in total. The van der Waals surface area contributed by atoms with E-state index in [1.807, 2.05) is 23.6 Å². The first kappa shape index (κ1) is 11.2. The zero-order chi connectivity index (χ0) is 12.5. The predicted molar refractivity (Wildman–Crippen MR) is 66.6 cm³/mol. The van der Waals surface area contributed by atoms with E-state index in [4.69, 9.17) is 4.74 Å². The van der Waals surface area contributed by atoms with Gasteiger partial charge >= 0.3 is 0 Å². The summed E-state index contributed by atoms with van der Waals surface area (Å²) in [5, 5.41) is 2.97. The number of carbonyl (C=O) groups is 1. The van der Waals surface area contributed by atoms with Crippen LogP contribution in [0.25, 0.3) is 5.65 Å². The minimum absolute atomic E-state index is 0.0614. The van der Waals surface area contributed by atoms with Crippen molar-refractivity contribution in [2.45, 2.75) is 19.4 Å². The Morgan fingerprint density at radius 3 is 3.28 bits per heavy atom. The van der Waals surface area contributed by atoms with E-state index in [0.29, 0.717) is 12.2 Å². The average molecular weight is 245 g/mol. The highest BCUT2D eigenvalue weighted by molar-refractivity contribution is 5.95. The molecule has 0 spiro atoms. The lowest BCUT2D eigenvalue weighted by molar-refractivity contribution is 0.0930. The number of aryl methyl sites for hydroxylation is 1. The summed E-state index contributed by atoms with van der Waals surface area (Å²) in [7, 11) is 0. The van der Waals surface area contributed by atoms with Crippen LogP contribution in [0.2, 0.25) is 0 Å². The molecule has 0 unspecified atom stereocenters. The Morgan fingerprint density at radius 1 is 1.61 bits per heavy atom. The van der Waals surface area contributed by atoms with Crippen LogP contribution >= 0.6 is 0 Å². The van der Waals surface area contributed by atoms with Crippen molar-refractivity contribution in [1.29, 1.82) is 0 Å². The first-order chi connectivity index (χ1) is 8.74. The number of ether oxygens (including phenoxy) is 1. The quantitative estimate of drug-likeness (QED) is 0.863. The molecule has 1 fully saturated rings. The van der Waals surface area contributed by atoms with Gasteiger partial charge in [0.05, 0.1) is 12.6 Å². The van der Waals surface area contributed by atoms with Gasteiger partial charge in [-0.3, -0.25) is 4.79 Å². The molecule has 1 aliphatic heterocycles. The predicted octanol–water partition coefficient (Wildman–Crippen LogP) is 1.16. The molecule has 2 aromatic rings. The number of hydrogen-bond donors (Lipinski definition) is 1. The fraction of sp³-hybridized carbons (Fsp3) is 0.385. The van der Waals surface area contributed by atoms with Gasteiger partial charge in [0.2, 0.25) is 0 Å². The van der Waals surface area contributed by atoms with Crippen LogP contribution in [0.4, 0.5) is 0 Å². The maximum atomic E-state index is 12.0. The molecule has 1 saturated heterocycles. The fourth-order valence-corrected chi connectivity index (χ4v) is 2.17. The zero-order valence-electron chi connectivity index (χ0n) is 10.2. The van der Waals surface area contributed by atoms with Crippen molar-refractivity contribution in [2.24, 2.45) is 0 Å². The van der Waals surface area contributed by atoms with Crippen molar-refractivity contribution in [2.75, 3.05) is 13.2 Å². The van der Waals surface area contributed by atoms with E-state index in [-0.39, 0.29) is 11.9 Å². The van der Waals surface area contributed by atoms with Crippen LogP contribution in [-0.4, -0.2) is 34.5 Å². The maximum absolute atomic E-state index is 12.0. The molecule has 1 aliphatic rings. The fourth-order valence-electron chi connectivity index (χ4n) is 2.17.